The van der Waals surface area contributed by atoms with Gasteiger partial charge in [0.15, 0.2) is 0 Å². The molecule has 3 aromatic rings. The van der Waals surface area contributed by atoms with Crippen LogP contribution in [0.1, 0.15) is 0 Å². The Kier molecular flexibility index (Phi) is 2.42. The number of nitro benzene ring substituents is 1. The molecule has 0 aliphatic carbocycles. The number of aromatic nitrogens is 1. The average Bonchev–Trinajstić information content (AvgIpc) is 2.78. The summed E-state index contributed by atoms with van der Waals surface area (Å²) >= 11 is 0. The number of hydrogen-bond acceptors (Lipinski definition) is 5. The van der Waals surface area contributed by atoms with Crippen molar-refractivity contribution in [2.75, 3.05) is 5.73 Å². The second kappa shape index (κ2) is 4.09. The van der Waals surface area contributed by atoms with Gasteiger partial charge in [-0.05, 0) is 17.2 Å². The lowest BCUT2D eigenvalue weighted by molar-refractivity contribution is -0.383. The summed E-state index contributed by atoms with van der Waals surface area (Å²) in [4.78, 5) is 14.5. The third-order valence-electron chi connectivity index (χ3n) is 2.79. The van der Waals surface area contributed by atoms with Crippen LogP contribution < -0.4 is 5.73 Å². The Labute approximate surface area is 107 Å². The number of nitro groups is 1. The first kappa shape index (κ1) is 11.2. The predicted octanol–water partition coefficient (Wildman–Crippen LogP) is 2.99. The Morgan fingerprint density at radius 2 is 1.89 bits per heavy atom. The predicted molar refractivity (Wildman–Crippen MR) is 70.5 cm³/mol. The molecule has 0 aliphatic rings. The van der Waals surface area contributed by atoms with Gasteiger partial charge in [-0.15, -0.1) is 0 Å². The van der Waals surface area contributed by atoms with Gasteiger partial charge in [-0.25, -0.2) is 0 Å². The zero-order valence-electron chi connectivity index (χ0n) is 9.74. The largest absolute Gasteiger partial charge is 0.416 e. The Morgan fingerprint density at radius 3 is 2.58 bits per heavy atom. The van der Waals surface area contributed by atoms with E-state index in [1.165, 1.54) is 6.07 Å². The molecule has 6 nitrogen and oxygen atoms in total. The zero-order valence-corrected chi connectivity index (χ0v) is 9.74. The van der Waals surface area contributed by atoms with E-state index in [-0.39, 0.29) is 17.3 Å². The van der Waals surface area contributed by atoms with Crippen molar-refractivity contribution < 1.29 is 9.34 Å². The van der Waals surface area contributed by atoms with Crippen LogP contribution in [0, 0.1) is 10.1 Å². The molecule has 6 heteroatoms. The monoisotopic (exact) mass is 255 g/mol. The highest BCUT2D eigenvalue weighted by Crippen LogP contribution is 2.33. The molecule has 3 rings (SSSR count). The second-order valence-electron chi connectivity index (χ2n) is 4.02. The molecule has 0 fully saturated rings. The number of anilines is 1. The number of oxazole rings is 1. The first-order valence-electron chi connectivity index (χ1n) is 5.55. The third kappa shape index (κ3) is 1.89. The number of nitrogens with zero attached hydrogens (tertiary/aromatic N) is 2. The Morgan fingerprint density at radius 1 is 1.16 bits per heavy atom. The molecule has 0 unspecified atom stereocenters. The summed E-state index contributed by atoms with van der Waals surface area (Å²) in [7, 11) is 0. The van der Waals surface area contributed by atoms with Gasteiger partial charge in [0.2, 0.25) is 5.58 Å². The Balaban J connectivity index is 2.30. The van der Waals surface area contributed by atoms with Crippen molar-refractivity contribution in [3.8, 4) is 11.1 Å². The molecule has 0 spiro atoms. The van der Waals surface area contributed by atoms with E-state index < -0.39 is 4.92 Å². The van der Waals surface area contributed by atoms with Crippen molar-refractivity contribution in [1.82, 2.24) is 4.98 Å². The molecular formula is C13H9N3O3. The first-order chi connectivity index (χ1) is 9.15. The van der Waals surface area contributed by atoms with Crippen LogP contribution in [0.2, 0.25) is 0 Å². The van der Waals surface area contributed by atoms with Crippen LogP contribution in [0.25, 0.3) is 22.2 Å². The summed E-state index contributed by atoms with van der Waals surface area (Å²) in [6.45, 7) is 0. The highest BCUT2D eigenvalue weighted by molar-refractivity contribution is 5.89. The van der Waals surface area contributed by atoms with Crippen LogP contribution in [-0.4, -0.2) is 9.91 Å². The molecule has 0 radical (unpaired) electrons. The van der Waals surface area contributed by atoms with Crippen molar-refractivity contribution in [2.45, 2.75) is 0 Å². The third-order valence-corrected chi connectivity index (χ3v) is 2.79. The van der Waals surface area contributed by atoms with Crippen LogP contribution in [0.5, 0.6) is 0 Å². The molecule has 0 atom stereocenters. The molecule has 94 valence electrons. The van der Waals surface area contributed by atoms with Gasteiger partial charge in [0.1, 0.15) is 5.52 Å². The molecule has 2 N–H and O–H groups in total. The smallest absolute Gasteiger partial charge is 0.314 e. The van der Waals surface area contributed by atoms with E-state index in [1.807, 2.05) is 30.3 Å². The van der Waals surface area contributed by atoms with E-state index in [1.54, 1.807) is 6.07 Å². The number of nitrogens with two attached hydrogens (primary N) is 1. The van der Waals surface area contributed by atoms with Crippen molar-refractivity contribution >= 4 is 22.8 Å². The normalized spacial score (nSPS) is 10.7. The van der Waals surface area contributed by atoms with Crippen LogP contribution in [-0.2, 0) is 0 Å². The molecule has 0 amide bonds. The maximum atomic E-state index is 11.1. The Hall–Kier alpha value is -2.89. The van der Waals surface area contributed by atoms with Gasteiger partial charge in [-0.1, -0.05) is 30.3 Å². The highest BCUT2D eigenvalue weighted by atomic mass is 16.6. The summed E-state index contributed by atoms with van der Waals surface area (Å²) in [5.41, 5.74) is 7.36. The van der Waals surface area contributed by atoms with Gasteiger partial charge >= 0.3 is 5.69 Å². The lowest BCUT2D eigenvalue weighted by Crippen LogP contribution is -1.90. The van der Waals surface area contributed by atoms with Gasteiger partial charge in [-0.2, -0.15) is 4.98 Å². The number of hydrogen-bond donors (Lipinski definition) is 1. The van der Waals surface area contributed by atoms with Crippen molar-refractivity contribution in [2.24, 2.45) is 0 Å². The lowest BCUT2D eigenvalue weighted by Gasteiger charge is -2.01. The molecule has 0 bridgehead atoms. The molecule has 1 aromatic heterocycles. The fourth-order valence-corrected chi connectivity index (χ4v) is 1.97. The molecule has 19 heavy (non-hydrogen) atoms. The second-order valence-corrected chi connectivity index (χ2v) is 4.02. The van der Waals surface area contributed by atoms with Crippen molar-refractivity contribution in [3.63, 3.8) is 0 Å². The van der Waals surface area contributed by atoms with Gasteiger partial charge < -0.3 is 10.2 Å². The van der Waals surface area contributed by atoms with E-state index in [0.29, 0.717) is 11.1 Å². The minimum atomic E-state index is -0.501. The molecule has 0 aliphatic heterocycles. The first-order valence-corrected chi connectivity index (χ1v) is 5.55. The minimum absolute atomic E-state index is 0.0803. The van der Waals surface area contributed by atoms with E-state index in [9.17, 15) is 10.1 Å². The van der Waals surface area contributed by atoms with Crippen LogP contribution >= 0.6 is 0 Å². The van der Waals surface area contributed by atoms with E-state index in [0.717, 1.165) is 5.56 Å². The number of rotatable bonds is 2. The van der Waals surface area contributed by atoms with E-state index in [2.05, 4.69) is 4.98 Å². The topological polar surface area (TPSA) is 95.2 Å². The number of benzene rings is 2. The SMILES string of the molecule is Nc1nc2cc(-c3ccccc3)cc([N+](=O)[O-])c2o1. The molecule has 2 aromatic carbocycles. The summed E-state index contributed by atoms with van der Waals surface area (Å²) in [5.74, 6) is 0. The zero-order chi connectivity index (χ0) is 13.4. The van der Waals surface area contributed by atoms with Gasteiger partial charge in [0.05, 0.1) is 4.92 Å². The van der Waals surface area contributed by atoms with Crippen molar-refractivity contribution in [3.05, 3.63) is 52.6 Å². The Bertz CT molecular complexity index is 765. The molecule has 0 saturated carbocycles. The summed E-state index contributed by atoms with van der Waals surface area (Å²) in [6, 6.07) is 12.4. The van der Waals surface area contributed by atoms with Crippen LogP contribution in [0.15, 0.2) is 46.9 Å². The average molecular weight is 255 g/mol. The van der Waals surface area contributed by atoms with Crippen LogP contribution in [0.4, 0.5) is 11.7 Å². The van der Waals surface area contributed by atoms with Gasteiger partial charge in [-0.3, -0.25) is 10.1 Å². The number of nitrogen functional groups attached to an aromatic ring is 1. The quantitative estimate of drug-likeness (QED) is 0.561. The maximum Gasteiger partial charge on any atom is 0.314 e. The maximum absolute atomic E-state index is 11.1. The van der Waals surface area contributed by atoms with E-state index in [4.69, 9.17) is 10.2 Å². The van der Waals surface area contributed by atoms with Gasteiger partial charge in [0.25, 0.3) is 6.01 Å². The van der Waals surface area contributed by atoms with Crippen molar-refractivity contribution in [1.29, 1.82) is 0 Å². The van der Waals surface area contributed by atoms with Crippen LogP contribution in [0.3, 0.4) is 0 Å². The molecule has 0 saturated heterocycles. The number of fused-ring (bicyclic) bond motifs is 1. The van der Waals surface area contributed by atoms with Gasteiger partial charge in [0, 0.05) is 6.07 Å². The minimum Gasteiger partial charge on any atom is -0.416 e. The fourth-order valence-electron chi connectivity index (χ4n) is 1.97. The molecular weight excluding hydrogens is 246 g/mol. The highest BCUT2D eigenvalue weighted by Gasteiger charge is 2.19. The molecule has 1 heterocycles. The fraction of sp³-hybridized carbons (Fsp3) is 0. The summed E-state index contributed by atoms with van der Waals surface area (Å²) in [6.07, 6.45) is 0. The summed E-state index contributed by atoms with van der Waals surface area (Å²) < 4.78 is 5.08. The standard InChI is InChI=1S/C13H9N3O3/c14-13-15-10-6-9(8-4-2-1-3-5-8)7-11(16(17)18)12(10)19-13/h1-7H,(H2,14,15). The summed E-state index contributed by atoms with van der Waals surface area (Å²) in [5, 5.41) is 11.1. The van der Waals surface area contributed by atoms with E-state index >= 15 is 0 Å². The number of non-ortho nitro benzene ring substituents is 1. The lowest BCUT2D eigenvalue weighted by atomic mass is 10.0.